The molecular weight excluding hydrogens is 284 g/mol. The van der Waals surface area contributed by atoms with Crippen molar-refractivity contribution in [2.75, 3.05) is 7.11 Å². The van der Waals surface area contributed by atoms with E-state index in [0.717, 1.165) is 12.7 Å². The summed E-state index contributed by atoms with van der Waals surface area (Å²) in [6, 6.07) is 6.40. The monoisotopic (exact) mass is 304 g/mol. The molecule has 0 radical (unpaired) electrons. The number of aliphatic hydroxyl groups excluding tert-OH is 1. The number of aryl methyl sites for hydroxylation is 1. The van der Waals surface area contributed by atoms with E-state index in [1.54, 1.807) is 12.1 Å². The van der Waals surface area contributed by atoms with Gasteiger partial charge >= 0.3 is 0 Å². The molecular formula is C12H20N2O5S. The highest BCUT2D eigenvalue weighted by Gasteiger charge is 2.04. The van der Waals surface area contributed by atoms with Gasteiger partial charge in [-0.3, -0.25) is 4.79 Å². The van der Waals surface area contributed by atoms with Crippen LogP contribution in [0.15, 0.2) is 29.2 Å². The Morgan fingerprint density at radius 1 is 1.25 bits per heavy atom. The molecule has 1 aromatic carbocycles. The topological polar surface area (TPSA) is 141 Å². The second-order valence-electron chi connectivity index (χ2n) is 3.53. The van der Waals surface area contributed by atoms with Crippen molar-refractivity contribution in [1.29, 1.82) is 0 Å². The standard InChI is InChI=1S/C7H9NO2S.C4H7NO2.CH4O/c1-6-2-4-7(5-3-6)11(8,9)10;5-4(7)2-1-3-6;1-2/h2-5H,1H3,(H2,8,9,10);3H,1-2H2,(H2,5,7);2H,1H3. The number of hydrogen-bond donors (Lipinski definition) is 3. The van der Waals surface area contributed by atoms with Crippen LogP contribution < -0.4 is 10.9 Å². The molecule has 0 aliphatic heterocycles. The number of primary amides is 1. The van der Waals surface area contributed by atoms with Crippen molar-refractivity contribution in [3.05, 3.63) is 29.8 Å². The van der Waals surface area contributed by atoms with Gasteiger partial charge < -0.3 is 15.6 Å². The lowest BCUT2D eigenvalue weighted by Gasteiger charge is -1.96. The molecule has 0 atom stereocenters. The zero-order chi connectivity index (χ0) is 16.2. The number of amides is 1. The van der Waals surface area contributed by atoms with Gasteiger partial charge in [0, 0.05) is 20.0 Å². The van der Waals surface area contributed by atoms with Crippen LogP contribution in [0.25, 0.3) is 0 Å². The number of benzene rings is 1. The number of nitrogens with two attached hydrogens (primary N) is 2. The van der Waals surface area contributed by atoms with Crippen LogP contribution in [-0.4, -0.2) is 32.8 Å². The maximum absolute atomic E-state index is 10.7. The fourth-order valence-electron chi connectivity index (χ4n) is 0.929. The lowest BCUT2D eigenvalue weighted by Crippen LogP contribution is -2.11. The van der Waals surface area contributed by atoms with Gasteiger partial charge in [0.25, 0.3) is 0 Å². The van der Waals surface area contributed by atoms with E-state index < -0.39 is 15.9 Å². The normalized spacial score (nSPS) is 9.40. The quantitative estimate of drug-likeness (QED) is 0.655. The molecule has 0 saturated heterocycles. The fraction of sp³-hybridized carbons (Fsp3) is 0.333. The molecule has 0 aliphatic carbocycles. The number of aliphatic hydroxyl groups is 1. The molecule has 0 bridgehead atoms. The third-order valence-corrected chi connectivity index (χ3v) is 2.79. The summed E-state index contributed by atoms with van der Waals surface area (Å²) in [6.45, 7) is 1.88. The maximum atomic E-state index is 10.7. The number of rotatable bonds is 4. The average Bonchev–Trinajstić information content (AvgIpc) is 2.39. The third kappa shape index (κ3) is 11.3. The van der Waals surface area contributed by atoms with Gasteiger partial charge in [0.1, 0.15) is 6.29 Å². The molecule has 1 amide bonds. The highest BCUT2D eigenvalue weighted by atomic mass is 32.2. The Kier molecular flexibility index (Phi) is 11.4. The molecule has 1 aromatic rings. The van der Waals surface area contributed by atoms with E-state index in [-0.39, 0.29) is 17.7 Å². The van der Waals surface area contributed by atoms with Crippen LogP contribution in [0.5, 0.6) is 0 Å². The van der Waals surface area contributed by atoms with Crippen LogP contribution in [0.3, 0.4) is 0 Å². The summed E-state index contributed by atoms with van der Waals surface area (Å²) in [7, 11) is -2.52. The van der Waals surface area contributed by atoms with E-state index >= 15 is 0 Å². The predicted octanol–water partition coefficient (Wildman–Crippen LogP) is -0.298. The van der Waals surface area contributed by atoms with Crippen LogP contribution in [0, 0.1) is 6.92 Å². The first kappa shape index (κ1) is 20.5. The van der Waals surface area contributed by atoms with Crippen LogP contribution in [-0.2, 0) is 19.6 Å². The van der Waals surface area contributed by atoms with Gasteiger partial charge in [0.15, 0.2) is 0 Å². The second-order valence-corrected chi connectivity index (χ2v) is 5.09. The Balaban J connectivity index is 0. The molecule has 0 saturated carbocycles. The molecule has 0 fully saturated rings. The Bertz CT molecular complexity index is 497. The minimum absolute atomic E-state index is 0.156. The van der Waals surface area contributed by atoms with Crippen LogP contribution in [0.2, 0.25) is 0 Å². The van der Waals surface area contributed by atoms with Crippen molar-refractivity contribution in [2.24, 2.45) is 10.9 Å². The van der Waals surface area contributed by atoms with E-state index in [4.69, 9.17) is 10.2 Å². The number of carbonyl (C=O) groups excluding carboxylic acids is 2. The zero-order valence-electron chi connectivity index (χ0n) is 11.4. The van der Waals surface area contributed by atoms with E-state index in [9.17, 15) is 18.0 Å². The summed E-state index contributed by atoms with van der Waals surface area (Å²) in [6.07, 6.45) is 1.09. The fourth-order valence-corrected chi connectivity index (χ4v) is 1.44. The van der Waals surface area contributed by atoms with Crippen LogP contribution in [0.1, 0.15) is 18.4 Å². The number of sulfonamides is 1. The lowest BCUT2D eigenvalue weighted by molar-refractivity contribution is -0.119. The first-order chi connectivity index (χ1) is 9.27. The molecule has 5 N–H and O–H groups in total. The van der Waals surface area contributed by atoms with Gasteiger partial charge in [-0.25, -0.2) is 13.6 Å². The van der Waals surface area contributed by atoms with Crippen molar-refractivity contribution in [2.45, 2.75) is 24.7 Å². The van der Waals surface area contributed by atoms with E-state index in [2.05, 4.69) is 5.73 Å². The average molecular weight is 304 g/mol. The minimum Gasteiger partial charge on any atom is -0.400 e. The lowest BCUT2D eigenvalue weighted by atomic mass is 10.2. The van der Waals surface area contributed by atoms with E-state index in [1.807, 2.05) is 6.92 Å². The first-order valence-electron chi connectivity index (χ1n) is 5.53. The molecule has 0 unspecified atom stereocenters. The van der Waals surface area contributed by atoms with Gasteiger partial charge in [0.2, 0.25) is 15.9 Å². The van der Waals surface area contributed by atoms with Crippen LogP contribution in [0.4, 0.5) is 0 Å². The Hall–Kier alpha value is -1.77. The SMILES string of the molecule is CO.Cc1ccc(S(N)(=O)=O)cc1.NC(=O)CCC=O. The Morgan fingerprint density at radius 3 is 1.95 bits per heavy atom. The summed E-state index contributed by atoms with van der Waals surface area (Å²) in [5, 5.41) is 11.9. The summed E-state index contributed by atoms with van der Waals surface area (Å²) in [4.78, 5) is 19.5. The summed E-state index contributed by atoms with van der Waals surface area (Å²) < 4.78 is 21.4. The van der Waals surface area contributed by atoms with Gasteiger partial charge in [-0.2, -0.15) is 0 Å². The van der Waals surface area contributed by atoms with Crippen molar-refractivity contribution in [1.82, 2.24) is 0 Å². The van der Waals surface area contributed by atoms with Crippen molar-refractivity contribution in [3.8, 4) is 0 Å². The molecule has 0 heterocycles. The van der Waals surface area contributed by atoms with Gasteiger partial charge in [-0.05, 0) is 19.1 Å². The summed E-state index contributed by atoms with van der Waals surface area (Å²) in [5.74, 6) is -0.424. The smallest absolute Gasteiger partial charge is 0.238 e. The molecule has 8 heteroatoms. The molecule has 0 aromatic heterocycles. The van der Waals surface area contributed by atoms with Crippen molar-refractivity contribution >= 4 is 22.2 Å². The molecule has 1 rings (SSSR count). The van der Waals surface area contributed by atoms with Crippen molar-refractivity contribution in [3.63, 3.8) is 0 Å². The predicted molar refractivity (Wildman–Crippen MR) is 75.2 cm³/mol. The second kappa shape index (κ2) is 11.1. The highest BCUT2D eigenvalue weighted by Crippen LogP contribution is 2.06. The molecule has 0 aliphatic rings. The number of carbonyl (C=O) groups is 2. The summed E-state index contributed by atoms with van der Waals surface area (Å²) >= 11 is 0. The zero-order valence-corrected chi connectivity index (χ0v) is 12.3. The van der Waals surface area contributed by atoms with Crippen molar-refractivity contribution < 1.29 is 23.1 Å². The molecule has 7 nitrogen and oxygen atoms in total. The largest absolute Gasteiger partial charge is 0.400 e. The Morgan fingerprint density at radius 2 is 1.70 bits per heavy atom. The van der Waals surface area contributed by atoms with Gasteiger partial charge in [-0.15, -0.1) is 0 Å². The molecule has 114 valence electrons. The highest BCUT2D eigenvalue weighted by molar-refractivity contribution is 7.89. The number of aldehydes is 1. The number of hydrogen-bond acceptors (Lipinski definition) is 5. The Labute approximate surface area is 118 Å². The maximum Gasteiger partial charge on any atom is 0.238 e. The third-order valence-electron chi connectivity index (χ3n) is 1.86. The first-order valence-corrected chi connectivity index (χ1v) is 7.08. The van der Waals surface area contributed by atoms with E-state index in [1.165, 1.54) is 12.1 Å². The van der Waals surface area contributed by atoms with Crippen LogP contribution >= 0.6 is 0 Å². The van der Waals surface area contributed by atoms with Gasteiger partial charge in [-0.1, -0.05) is 17.7 Å². The minimum atomic E-state index is -3.52. The van der Waals surface area contributed by atoms with Gasteiger partial charge in [0.05, 0.1) is 4.90 Å². The van der Waals surface area contributed by atoms with E-state index in [0.29, 0.717) is 6.29 Å². The molecule has 0 spiro atoms. The number of primary sulfonamides is 1. The summed E-state index contributed by atoms with van der Waals surface area (Å²) in [5.41, 5.74) is 5.69. The molecule has 20 heavy (non-hydrogen) atoms.